The van der Waals surface area contributed by atoms with Crippen molar-refractivity contribution in [1.82, 2.24) is 0 Å². The number of aliphatic hydroxyl groups excluding tert-OH is 1. The number of carbonyl (C=O) groups excluding carboxylic acids is 1. The summed E-state index contributed by atoms with van der Waals surface area (Å²) < 4.78 is 16.5. The molecule has 0 unspecified atom stereocenters. The average molecular weight is 358 g/mol. The number of aliphatic hydroxyl groups is 1. The molecule has 2 aromatic rings. The highest BCUT2D eigenvalue weighted by Crippen LogP contribution is 2.42. The summed E-state index contributed by atoms with van der Waals surface area (Å²) in [7, 11) is 1.25. The monoisotopic (exact) mass is 358 g/mol. The second-order valence-electron chi connectivity index (χ2n) is 5.64. The van der Waals surface area contributed by atoms with Crippen molar-refractivity contribution in [2.75, 3.05) is 13.7 Å². The third-order valence-corrected chi connectivity index (χ3v) is 3.93. The molecule has 7 heteroatoms. The number of phenols is 2. The number of esters is 1. The number of hydrogen-bond acceptors (Lipinski definition) is 7. The Hall–Kier alpha value is -3.19. The minimum Gasteiger partial charge on any atom is -0.504 e. The smallest absolute Gasteiger partial charge is 0.351 e. The Morgan fingerprint density at radius 1 is 1.12 bits per heavy atom. The second kappa shape index (κ2) is 7.37. The van der Waals surface area contributed by atoms with Crippen LogP contribution < -0.4 is 9.47 Å². The number of fused-ring (bicyclic) bond motifs is 1. The van der Waals surface area contributed by atoms with Gasteiger partial charge in [0.25, 0.3) is 0 Å². The van der Waals surface area contributed by atoms with Crippen molar-refractivity contribution in [3.05, 3.63) is 53.6 Å². The lowest BCUT2D eigenvalue weighted by Gasteiger charge is -2.32. The fraction of sp³-hybridized carbons (Fsp3) is 0.211. The molecule has 0 saturated carbocycles. The summed E-state index contributed by atoms with van der Waals surface area (Å²) in [6.45, 7) is -0.0890. The van der Waals surface area contributed by atoms with Crippen LogP contribution in [-0.4, -0.2) is 41.1 Å². The zero-order chi connectivity index (χ0) is 18.7. The first kappa shape index (κ1) is 17.6. The number of methoxy groups -OCH3 is 1. The molecule has 0 amide bonds. The Balaban J connectivity index is 2.00. The first-order valence-corrected chi connectivity index (χ1v) is 7.88. The van der Waals surface area contributed by atoms with E-state index in [2.05, 4.69) is 0 Å². The number of hydrogen-bond donors (Lipinski definition) is 3. The molecule has 1 aliphatic rings. The van der Waals surface area contributed by atoms with E-state index >= 15 is 0 Å². The summed E-state index contributed by atoms with van der Waals surface area (Å²) in [6, 6.07) is 9.27. The van der Waals surface area contributed by atoms with E-state index in [0.717, 1.165) is 5.56 Å². The largest absolute Gasteiger partial charge is 0.504 e. The van der Waals surface area contributed by atoms with E-state index in [4.69, 9.17) is 19.3 Å². The number of aromatic hydroxyl groups is 2. The Morgan fingerprint density at radius 2 is 1.92 bits per heavy atom. The Morgan fingerprint density at radius 3 is 2.62 bits per heavy atom. The number of benzene rings is 2. The zero-order valence-electron chi connectivity index (χ0n) is 14.0. The molecule has 136 valence electrons. The van der Waals surface area contributed by atoms with E-state index in [1.54, 1.807) is 30.4 Å². The number of carbonyl (C=O) groups is 1. The van der Waals surface area contributed by atoms with E-state index in [1.807, 2.05) is 0 Å². The summed E-state index contributed by atoms with van der Waals surface area (Å²) >= 11 is 0. The van der Waals surface area contributed by atoms with Crippen LogP contribution in [0.1, 0.15) is 17.2 Å². The average Bonchev–Trinajstić information content (AvgIpc) is 2.66. The molecule has 0 spiro atoms. The SMILES string of the molecule is COC(=O)[C@@H]1Oc2ccc(/C=C/CO)cc2O[C@H]1c1ccc(O)c(O)c1. The van der Waals surface area contributed by atoms with E-state index in [1.165, 1.54) is 25.3 Å². The van der Waals surface area contributed by atoms with Gasteiger partial charge < -0.3 is 29.5 Å². The lowest BCUT2D eigenvalue weighted by atomic mass is 10.0. The van der Waals surface area contributed by atoms with Gasteiger partial charge >= 0.3 is 5.97 Å². The van der Waals surface area contributed by atoms with Gasteiger partial charge in [0.15, 0.2) is 29.1 Å². The van der Waals surface area contributed by atoms with Gasteiger partial charge in [0.2, 0.25) is 6.10 Å². The minimum atomic E-state index is -1.07. The van der Waals surface area contributed by atoms with Gasteiger partial charge in [0.1, 0.15) is 0 Å². The van der Waals surface area contributed by atoms with Crippen molar-refractivity contribution in [1.29, 1.82) is 0 Å². The van der Waals surface area contributed by atoms with Crippen LogP contribution in [0.15, 0.2) is 42.5 Å². The maximum Gasteiger partial charge on any atom is 0.351 e. The highest BCUT2D eigenvalue weighted by Gasteiger charge is 2.39. The van der Waals surface area contributed by atoms with Crippen molar-refractivity contribution in [3.63, 3.8) is 0 Å². The molecule has 3 rings (SSSR count). The molecule has 3 N–H and O–H groups in total. The summed E-state index contributed by atoms with van der Waals surface area (Å²) in [5, 5.41) is 28.1. The van der Waals surface area contributed by atoms with Crippen LogP contribution in [-0.2, 0) is 9.53 Å². The predicted octanol–water partition coefficient (Wildman–Crippen LogP) is 2.16. The summed E-state index contributed by atoms with van der Waals surface area (Å²) in [5.41, 5.74) is 1.22. The number of phenolic OH excluding ortho intramolecular Hbond substituents is 2. The van der Waals surface area contributed by atoms with Gasteiger partial charge in [-0.25, -0.2) is 4.79 Å². The number of rotatable bonds is 4. The quantitative estimate of drug-likeness (QED) is 0.568. The molecule has 1 aliphatic heterocycles. The molecule has 26 heavy (non-hydrogen) atoms. The van der Waals surface area contributed by atoms with Crippen molar-refractivity contribution in [2.45, 2.75) is 12.2 Å². The molecule has 1 heterocycles. The molecule has 0 radical (unpaired) electrons. The van der Waals surface area contributed by atoms with E-state index in [9.17, 15) is 15.0 Å². The molecule has 7 nitrogen and oxygen atoms in total. The van der Waals surface area contributed by atoms with Crippen LogP contribution in [0, 0.1) is 0 Å². The first-order chi connectivity index (χ1) is 12.5. The van der Waals surface area contributed by atoms with Crippen LogP contribution >= 0.6 is 0 Å². The maximum atomic E-state index is 12.1. The molecule has 0 fully saturated rings. The lowest BCUT2D eigenvalue weighted by molar-refractivity contribution is -0.155. The van der Waals surface area contributed by atoms with Gasteiger partial charge in [-0.3, -0.25) is 0 Å². The van der Waals surface area contributed by atoms with Gasteiger partial charge in [0.05, 0.1) is 13.7 Å². The molecule has 2 aromatic carbocycles. The zero-order valence-corrected chi connectivity index (χ0v) is 14.0. The number of ether oxygens (including phenoxy) is 3. The van der Waals surface area contributed by atoms with Crippen LogP contribution in [0.4, 0.5) is 0 Å². The summed E-state index contributed by atoms with van der Waals surface area (Å²) in [6.07, 6.45) is 1.35. The highest BCUT2D eigenvalue weighted by atomic mass is 16.6. The van der Waals surface area contributed by atoms with Crippen LogP contribution in [0.3, 0.4) is 0 Å². The molecule has 0 saturated heterocycles. The first-order valence-electron chi connectivity index (χ1n) is 7.88. The fourth-order valence-electron chi connectivity index (χ4n) is 2.65. The van der Waals surface area contributed by atoms with Crippen LogP contribution in [0.5, 0.6) is 23.0 Å². The Kier molecular flexibility index (Phi) is 4.99. The van der Waals surface area contributed by atoms with Gasteiger partial charge in [-0.1, -0.05) is 24.3 Å². The predicted molar refractivity (Wildman–Crippen MR) is 92.1 cm³/mol. The maximum absolute atomic E-state index is 12.1. The molecular weight excluding hydrogens is 340 g/mol. The van der Waals surface area contributed by atoms with E-state index in [-0.39, 0.29) is 18.1 Å². The van der Waals surface area contributed by atoms with Crippen molar-refractivity contribution >= 4 is 12.0 Å². The van der Waals surface area contributed by atoms with Crippen molar-refractivity contribution in [3.8, 4) is 23.0 Å². The molecule has 0 aromatic heterocycles. The van der Waals surface area contributed by atoms with Gasteiger partial charge in [-0.15, -0.1) is 0 Å². The molecule has 0 bridgehead atoms. The lowest BCUT2D eigenvalue weighted by Crippen LogP contribution is -2.40. The molecular formula is C19H18O7. The standard InChI is InChI=1S/C19H18O7/c1-24-19(23)18-17(12-5-6-13(21)14(22)10-12)26-16-9-11(3-2-8-20)4-7-15(16)25-18/h2-7,9-10,17-18,20-22H,8H2,1H3/b3-2+/t17-,18+/m0/s1. The Bertz CT molecular complexity index is 844. The third-order valence-electron chi connectivity index (χ3n) is 3.93. The Labute approximate surface area is 149 Å². The topological polar surface area (TPSA) is 105 Å². The van der Waals surface area contributed by atoms with E-state index < -0.39 is 18.2 Å². The normalized spacial score (nSPS) is 18.7. The van der Waals surface area contributed by atoms with Crippen molar-refractivity contribution in [2.24, 2.45) is 0 Å². The van der Waals surface area contributed by atoms with Gasteiger partial charge in [-0.2, -0.15) is 0 Å². The molecule has 2 atom stereocenters. The minimum absolute atomic E-state index is 0.0890. The van der Waals surface area contributed by atoms with Gasteiger partial charge in [0, 0.05) is 5.56 Å². The van der Waals surface area contributed by atoms with E-state index in [0.29, 0.717) is 17.1 Å². The fourth-order valence-corrected chi connectivity index (χ4v) is 2.65. The van der Waals surface area contributed by atoms with Crippen LogP contribution in [0.25, 0.3) is 6.08 Å². The van der Waals surface area contributed by atoms with Gasteiger partial charge in [-0.05, 0) is 29.8 Å². The van der Waals surface area contributed by atoms with Crippen molar-refractivity contribution < 1.29 is 34.3 Å². The highest BCUT2D eigenvalue weighted by molar-refractivity contribution is 5.77. The second-order valence-corrected chi connectivity index (χ2v) is 5.64. The summed E-state index contributed by atoms with van der Waals surface area (Å²) in [4.78, 5) is 12.1. The summed E-state index contributed by atoms with van der Waals surface area (Å²) in [5.74, 6) is -0.460. The molecule has 0 aliphatic carbocycles. The van der Waals surface area contributed by atoms with Crippen LogP contribution in [0.2, 0.25) is 0 Å². The third kappa shape index (κ3) is 3.43.